The minimum Gasteiger partial charge on any atom is -0.480 e. The molecular weight excluding hydrogens is 317 g/mol. The van der Waals surface area contributed by atoms with Crippen LogP contribution in [-0.4, -0.2) is 35.0 Å². The van der Waals surface area contributed by atoms with Gasteiger partial charge in [0, 0.05) is 6.54 Å². The summed E-state index contributed by atoms with van der Waals surface area (Å²) in [6.45, 7) is 1.96. The molecule has 6 heteroatoms. The van der Waals surface area contributed by atoms with Crippen LogP contribution in [0.5, 0.6) is 0 Å². The number of carboxylic acid groups (broad SMARTS) is 1. The van der Waals surface area contributed by atoms with Crippen LogP contribution in [-0.2, 0) is 16.0 Å². The summed E-state index contributed by atoms with van der Waals surface area (Å²) in [4.78, 5) is 24.0. The summed E-state index contributed by atoms with van der Waals surface area (Å²) in [7, 11) is 0. The Kier molecular flexibility index (Phi) is 5.95. The molecule has 0 heterocycles. The van der Waals surface area contributed by atoms with Crippen molar-refractivity contribution in [2.75, 3.05) is 13.1 Å². The maximum atomic E-state index is 13.1. The van der Waals surface area contributed by atoms with E-state index in [-0.39, 0.29) is 23.3 Å². The molecule has 1 aromatic carbocycles. The van der Waals surface area contributed by atoms with E-state index in [1.54, 1.807) is 0 Å². The minimum atomic E-state index is -1.04. The van der Waals surface area contributed by atoms with Gasteiger partial charge in [0.25, 0.3) is 0 Å². The maximum Gasteiger partial charge on any atom is 0.323 e. The van der Waals surface area contributed by atoms with E-state index in [0.717, 1.165) is 0 Å². The van der Waals surface area contributed by atoms with E-state index >= 15 is 0 Å². The summed E-state index contributed by atoms with van der Waals surface area (Å²) in [6, 6.07) is 4.31. The van der Waals surface area contributed by atoms with Crippen molar-refractivity contribution in [2.24, 2.45) is 0 Å². The van der Waals surface area contributed by atoms with Crippen molar-refractivity contribution in [1.29, 1.82) is 0 Å². The SMILES string of the molecule is CCCN(CC(=O)O)C(=O)Cc1ccc(F)c(Br)c1. The Balaban J connectivity index is 2.74. The van der Waals surface area contributed by atoms with Gasteiger partial charge in [0.05, 0.1) is 10.9 Å². The summed E-state index contributed by atoms with van der Waals surface area (Å²) in [6.07, 6.45) is 0.748. The molecule has 0 radical (unpaired) electrons. The van der Waals surface area contributed by atoms with E-state index in [1.807, 2.05) is 6.92 Å². The molecule has 1 aromatic rings. The fourth-order valence-electron chi connectivity index (χ4n) is 1.66. The number of hydrogen-bond donors (Lipinski definition) is 1. The standard InChI is InChI=1S/C13H15BrFNO3/c1-2-5-16(8-13(18)19)12(17)7-9-3-4-11(15)10(14)6-9/h3-4,6H,2,5,7-8H2,1H3,(H,18,19). The molecule has 0 aliphatic rings. The van der Waals surface area contributed by atoms with Crippen LogP contribution < -0.4 is 0 Å². The van der Waals surface area contributed by atoms with Crippen LogP contribution in [0.15, 0.2) is 22.7 Å². The van der Waals surface area contributed by atoms with Crippen molar-refractivity contribution >= 4 is 27.8 Å². The van der Waals surface area contributed by atoms with Gasteiger partial charge in [0.1, 0.15) is 12.4 Å². The van der Waals surface area contributed by atoms with Crippen molar-refractivity contribution in [3.63, 3.8) is 0 Å². The van der Waals surface area contributed by atoms with Crippen LogP contribution in [0.2, 0.25) is 0 Å². The number of hydrogen-bond acceptors (Lipinski definition) is 2. The number of carbonyl (C=O) groups excluding carboxylic acids is 1. The minimum absolute atomic E-state index is 0.0617. The molecule has 0 aliphatic carbocycles. The molecule has 19 heavy (non-hydrogen) atoms. The molecular formula is C13H15BrFNO3. The Morgan fingerprint density at radius 1 is 1.42 bits per heavy atom. The van der Waals surface area contributed by atoms with Crippen molar-refractivity contribution in [3.8, 4) is 0 Å². The summed E-state index contributed by atoms with van der Waals surface area (Å²) in [5.41, 5.74) is 0.643. The van der Waals surface area contributed by atoms with Crippen LogP contribution in [0, 0.1) is 5.82 Å². The lowest BCUT2D eigenvalue weighted by molar-refractivity contribution is -0.144. The van der Waals surface area contributed by atoms with E-state index in [4.69, 9.17) is 5.11 Å². The Labute approximate surface area is 119 Å². The van der Waals surface area contributed by atoms with E-state index in [9.17, 15) is 14.0 Å². The Bertz CT molecular complexity index is 479. The highest BCUT2D eigenvalue weighted by molar-refractivity contribution is 9.10. The largest absolute Gasteiger partial charge is 0.480 e. The van der Waals surface area contributed by atoms with Crippen LogP contribution in [0.1, 0.15) is 18.9 Å². The molecule has 4 nitrogen and oxygen atoms in total. The van der Waals surface area contributed by atoms with Gasteiger partial charge in [-0.1, -0.05) is 13.0 Å². The average molecular weight is 332 g/mol. The van der Waals surface area contributed by atoms with Crippen LogP contribution in [0.3, 0.4) is 0 Å². The van der Waals surface area contributed by atoms with E-state index < -0.39 is 11.8 Å². The summed E-state index contributed by atoms with van der Waals surface area (Å²) in [5.74, 6) is -1.71. The van der Waals surface area contributed by atoms with Gasteiger partial charge in [-0.05, 0) is 40.0 Å². The number of rotatable bonds is 6. The Morgan fingerprint density at radius 3 is 2.63 bits per heavy atom. The fourth-order valence-corrected chi connectivity index (χ4v) is 2.09. The molecule has 0 saturated carbocycles. The highest BCUT2D eigenvalue weighted by atomic mass is 79.9. The highest BCUT2D eigenvalue weighted by Gasteiger charge is 2.16. The van der Waals surface area contributed by atoms with Crippen molar-refractivity contribution < 1.29 is 19.1 Å². The van der Waals surface area contributed by atoms with Crippen LogP contribution in [0.4, 0.5) is 4.39 Å². The zero-order valence-electron chi connectivity index (χ0n) is 10.5. The molecule has 0 atom stereocenters. The molecule has 0 aliphatic heterocycles. The van der Waals surface area contributed by atoms with Gasteiger partial charge in [0.15, 0.2) is 0 Å². The molecule has 0 aromatic heterocycles. The second kappa shape index (κ2) is 7.23. The van der Waals surface area contributed by atoms with Gasteiger partial charge in [-0.15, -0.1) is 0 Å². The zero-order chi connectivity index (χ0) is 14.4. The third kappa shape index (κ3) is 4.98. The lowest BCUT2D eigenvalue weighted by Gasteiger charge is -2.20. The first-order chi connectivity index (χ1) is 8.93. The molecule has 0 unspecified atom stereocenters. The van der Waals surface area contributed by atoms with Gasteiger partial charge in [0.2, 0.25) is 5.91 Å². The maximum absolute atomic E-state index is 13.1. The number of nitrogens with zero attached hydrogens (tertiary/aromatic N) is 1. The van der Waals surface area contributed by atoms with Gasteiger partial charge in [-0.3, -0.25) is 9.59 Å². The van der Waals surface area contributed by atoms with E-state index in [2.05, 4.69) is 15.9 Å². The lowest BCUT2D eigenvalue weighted by atomic mass is 10.1. The molecule has 0 spiro atoms. The highest BCUT2D eigenvalue weighted by Crippen LogP contribution is 2.17. The topological polar surface area (TPSA) is 57.6 Å². The quantitative estimate of drug-likeness (QED) is 0.871. The molecule has 0 saturated heterocycles. The van der Waals surface area contributed by atoms with Crippen molar-refractivity contribution in [3.05, 3.63) is 34.1 Å². The monoisotopic (exact) mass is 331 g/mol. The summed E-state index contributed by atoms with van der Waals surface area (Å²) in [5, 5.41) is 8.76. The zero-order valence-corrected chi connectivity index (χ0v) is 12.1. The Hall–Kier alpha value is -1.43. The third-order valence-corrected chi connectivity index (χ3v) is 3.12. The van der Waals surface area contributed by atoms with Gasteiger partial charge in [-0.25, -0.2) is 4.39 Å². The molecule has 0 fully saturated rings. The summed E-state index contributed by atoms with van der Waals surface area (Å²) >= 11 is 3.05. The summed E-state index contributed by atoms with van der Waals surface area (Å²) < 4.78 is 13.4. The number of carboxylic acids is 1. The molecule has 1 N–H and O–H groups in total. The number of amides is 1. The van der Waals surface area contributed by atoms with E-state index in [1.165, 1.54) is 23.1 Å². The van der Waals surface area contributed by atoms with Crippen molar-refractivity contribution in [1.82, 2.24) is 4.90 Å². The van der Waals surface area contributed by atoms with Gasteiger partial charge < -0.3 is 10.0 Å². The van der Waals surface area contributed by atoms with Crippen LogP contribution >= 0.6 is 15.9 Å². The molecule has 1 amide bonds. The predicted octanol–water partition coefficient (Wildman–Crippen LogP) is 2.45. The average Bonchev–Trinajstić information content (AvgIpc) is 2.33. The predicted molar refractivity (Wildman–Crippen MR) is 72.3 cm³/mol. The first-order valence-corrected chi connectivity index (χ1v) is 6.66. The first-order valence-electron chi connectivity index (χ1n) is 5.87. The second-order valence-corrected chi connectivity index (χ2v) is 4.99. The number of aliphatic carboxylic acids is 1. The first kappa shape index (κ1) is 15.6. The van der Waals surface area contributed by atoms with Crippen LogP contribution in [0.25, 0.3) is 0 Å². The number of halogens is 2. The molecule has 0 bridgehead atoms. The van der Waals surface area contributed by atoms with Crippen molar-refractivity contribution in [2.45, 2.75) is 19.8 Å². The fraction of sp³-hybridized carbons (Fsp3) is 0.385. The van der Waals surface area contributed by atoms with Gasteiger partial charge in [-0.2, -0.15) is 0 Å². The lowest BCUT2D eigenvalue weighted by Crippen LogP contribution is -2.37. The van der Waals surface area contributed by atoms with Gasteiger partial charge >= 0.3 is 5.97 Å². The normalized spacial score (nSPS) is 10.3. The second-order valence-electron chi connectivity index (χ2n) is 4.13. The smallest absolute Gasteiger partial charge is 0.323 e. The molecule has 104 valence electrons. The number of benzene rings is 1. The third-order valence-electron chi connectivity index (χ3n) is 2.51. The van der Waals surface area contributed by atoms with E-state index in [0.29, 0.717) is 18.5 Å². The Morgan fingerprint density at radius 2 is 2.11 bits per heavy atom. The number of carbonyl (C=O) groups is 2. The molecule has 1 rings (SSSR count).